The molecule has 0 unspecified atom stereocenters. The number of hydrogen-bond donors (Lipinski definition) is 1. The van der Waals surface area contributed by atoms with Gasteiger partial charge in [-0.1, -0.05) is 18.2 Å². The summed E-state index contributed by atoms with van der Waals surface area (Å²) >= 11 is 0. The molecule has 1 N–H and O–H groups in total. The summed E-state index contributed by atoms with van der Waals surface area (Å²) in [5.41, 5.74) is 1.95. The van der Waals surface area contributed by atoms with Crippen molar-refractivity contribution >= 4 is 11.6 Å². The van der Waals surface area contributed by atoms with Crippen LogP contribution in [-0.4, -0.2) is 72.1 Å². The first-order chi connectivity index (χ1) is 15.7. The van der Waals surface area contributed by atoms with Gasteiger partial charge in [-0.25, -0.2) is 0 Å². The van der Waals surface area contributed by atoms with Gasteiger partial charge in [0, 0.05) is 38.3 Å². The molecule has 33 heavy (non-hydrogen) atoms. The number of aliphatic hydroxyl groups excluding tert-OH is 1. The van der Waals surface area contributed by atoms with Crippen LogP contribution in [0.4, 0.5) is 5.69 Å². The molecule has 6 heteroatoms. The lowest BCUT2D eigenvalue weighted by atomic mass is 9.73. The van der Waals surface area contributed by atoms with Gasteiger partial charge in [0.15, 0.2) is 0 Å². The molecule has 0 aromatic heterocycles. The van der Waals surface area contributed by atoms with E-state index in [1.165, 1.54) is 11.3 Å². The third-order valence-electron chi connectivity index (χ3n) is 8.86. The van der Waals surface area contributed by atoms with Gasteiger partial charge in [-0.3, -0.25) is 4.79 Å². The highest BCUT2D eigenvalue weighted by atomic mass is 16.6. The molecule has 1 aromatic carbocycles. The number of para-hydroxylation sites is 1. The molecule has 4 heterocycles. The van der Waals surface area contributed by atoms with Crippen molar-refractivity contribution in [3.05, 3.63) is 29.8 Å². The first-order valence-corrected chi connectivity index (χ1v) is 12.8. The van der Waals surface area contributed by atoms with Gasteiger partial charge in [-0.05, 0) is 76.3 Å². The van der Waals surface area contributed by atoms with E-state index in [9.17, 15) is 9.90 Å². The average molecular weight is 457 g/mol. The van der Waals surface area contributed by atoms with E-state index in [4.69, 9.17) is 9.47 Å². The van der Waals surface area contributed by atoms with Crippen molar-refractivity contribution in [2.75, 3.05) is 37.7 Å². The molecule has 5 rings (SSSR count). The molecular weight excluding hydrogens is 416 g/mol. The molecule has 4 aliphatic rings. The van der Waals surface area contributed by atoms with E-state index in [0.29, 0.717) is 6.42 Å². The van der Waals surface area contributed by atoms with Gasteiger partial charge in [-0.2, -0.15) is 0 Å². The van der Waals surface area contributed by atoms with Gasteiger partial charge < -0.3 is 24.4 Å². The molecular formula is C27H40N2O4. The van der Waals surface area contributed by atoms with Gasteiger partial charge >= 0.3 is 0 Å². The minimum absolute atomic E-state index is 0.0572. The summed E-state index contributed by atoms with van der Waals surface area (Å²) in [6, 6.07) is 8.55. The topological polar surface area (TPSA) is 62.2 Å². The predicted molar refractivity (Wildman–Crippen MR) is 128 cm³/mol. The molecule has 6 nitrogen and oxygen atoms in total. The van der Waals surface area contributed by atoms with Crippen LogP contribution in [0.1, 0.15) is 64.9 Å². The average Bonchev–Trinajstić information content (AvgIpc) is 3.40. The van der Waals surface area contributed by atoms with E-state index >= 15 is 0 Å². The van der Waals surface area contributed by atoms with E-state index in [2.05, 4.69) is 41.0 Å². The number of benzene rings is 1. The minimum atomic E-state index is -0.544. The first-order valence-electron chi connectivity index (χ1n) is 12.8. The van der Waals surface area contributed by atoms with Crippen LogP contribution in [0.15, 0.2) is 24.3 Å². The number of fused-ring (bicyclic) bond motifs is 1. The van der Waals surface area contributed by atoms with Crippen molar-refractivity contribution < 1.29 is 19.4 Å². The van der Waals surface area contributed by atoms with Crippen LogP contribution in [0.5, 0.6) is 0 Å². The molecule has 3 atom stereocenters. The van der Waals surface area contributed by atoms with Crippen molar-refractivity contribution in [1.29, 1.82) is 0 Å². The van der Waals surface area contributed by atoms with Crippen molar-refractivity contribution in [1.82, 2.24) is 4.90 Å². The number of ether oxygens (including phenoxy) is 2. The number of carbonyl (C=O) groups is 1. The fourth-order valence-electron chi connectivity index (χ4n) is 6.50. The number of rotatable bonds is 4. The minimum Gasteiger partial charge on any atom is -0.390 e. The largest absolute Gasteiger partial charge is 0.390 e. The Morgan fingerprint density at radius 1 is 1.12 bits per heavy atom. The van der Waals surface area contributed by atoms with Crippen LogP contribution in [0.3, 0.4) is 0 Å². The molecule has 0 radical (unpaired) electrons. The quantitative estimate of drug-likeness (QED) is 0.751. The highest BCUT2D eigenvalue weighted by Gasteiger charge is 2.53. The van der Waals surface area contributed by atoms with Crippen molar-refractivity contribution in [3.63, 3.8) is 0 Å². The molecule has 0 bridgehead atoms. The molecule has 182 valence electrons. The number of hydrogen-bond acceptors (Lipinski definition) is 5. The third kappa shape index (κ3) is 4.42. The van der Waals surface area contributed by atoms with E-state index in [-0.39, 0.29) is 23.0 Å². The van der Waals surface area contributed by atoms with Gasteiger partial charge in [0.05, 0.1) is 30.0 Å². The Labute approximate surface area is 198 Å². The Kier molecular flexibility index (Phi) is 5.99. The molecule has 1 aromatic rings. The highest BCUT2D eigenvalue weighted by Crippen LogP contribution is 2.49. The maximum atomic E-state index is 13.0. The van der Waals surface area contributed by atoms with E-state index in [1.807, 2.05) is 13.8 Å². The van der Waals surface area contributed by atoms with Crippen LogP contribution in [0.25, 0.3) is 0 Å². The number of anilines is 1. The second kappa shape index (κ2) is 8.54. The van der Waals surface area contributed by atoms with Gasteiger partial charge in [-0.15, -0.1) is 0 Å². The summed E-state index contributed by atoms with van der Waals surface area (Å²) in [6.07, 6.45) is 5.87. The van der Waals surface area contributed by atoms with Gasteiger partial charge in [0.1, 0.15) is 0 Å². The van der Waals surface area contributed by atoms with Crippen LogP contribution in [0, 0.1) is 5.41 Å². The SMILES string of the molecule is CC1(C)O[C@@](C)([C@H]2CC3(CCN(C(=O)CCN4CCc5ccccc54)CC3)CO2)CC[C@@H]1O. The molecule has 3 saturated heterocycles. The molecule has 1 spiro atoms. The molecule has 4 aliphatic heterocycles. The number of likely N-dealkylation sites (tertiary alicyclic amines) is 1. The van der Waals surface area contributed by atoms with Gasteiger partial charge in [0.25, 0.3) is 0 Å². The van der Waals surface area contributed by atoms with Crippen LogP contribution < -0.4 is 4.90 Å². The molecule has 0 saturated carbocycles. The third-order valence-corrected chi connectivity index (χ3v) is 8.86. The Balaban J connectivity index is 1.12. The summed E-state index contributed by atoms with van der Waals surface area (Å²) in [4.78, 5) is 17.4. The second-order valence-electron chi connectivity index (χ2n) is 11.6. The van der Waals surface area contributed by atoms with Gasteiger partial charge in [0.2, 0.25) is 5.91 Å². The van der Waals surface area contributed by atoms with Crippen LogP contribution in [-0.2, 0) is 20.7 Å². The fourth-order valence-corrected chi connectivity index (χ4v) is 6.50. The van der Waals surface area contributed by atoms with Crippen LogP contribution >= 0.6 is 0 Å². The number of amides is 1. The van der Waals surface area contributed by atoms with E-state index < -0.39 is 11.7 Å². The smallest absolute Gasteiger partial charge is 0.224 e. The zero-order valence-corrected chi connectivity index (χ0v) is 20.5. The lowest BCUT2D eigenvalue weighted by Gasteiger charge is -2.48. The summed E-state index contributed by atoms with van der Waals surface area (Å²) in [7, 11) is 0. The maximum absolute atomic E-state index is 13.0. The standard InChI is InChI=1S/C27H40N2O4/c1-25(2)22(30)8-11-26(3,33-25)23-18-27(19-32-23)12-16-29(17-13-27)24(31)10-15-28-14-9-20-6-4-5-7-21(20)28/h4-7,22-23,30H,8-19H2,1-3H3/t22-,23+,26+/m0/s1. The molecule has 0 aliphatic carbocycles. The summed E-state index contributed by atoms with van der Waals surface area (Å²) in [5, 5.41) is 10.3. The summed E-state index contributed by atoms with van der Waals surface area (Å²) in [5.74, 6) is 0.281. The zero-order chi connectivity index (χ0) is 23.3. The Morgan fingerprint density at radius 3 is 2.64 bits per heavy atom. The van der Waals surface area contributed by atoms with E-state index in [0.717, 1.165) is 71.3 Å². The monoisotopic (exact) mass is 456 g/mol. The van der Waals surface area contributed by atoms with Crippen LogP contribution in [0.2, 0.25) is 0 Å². The molecule has 1 amide bonds. The summed E-state index contributed by atoms with van der Waals surface area (Å²) in [6.45, 7) is 10.3. The van der Waals surface area contributed by atoms with E-state index in [1.54, 1.807) is 0 Å². The first kappa shape index (κ1) is 23.1. The number of aliphatic hydroxyl groups is 1. The van der Waals surface area contributed by atoms with Crippen molar-refractivity contribution in [3.8, 4) is 0 Å². The predicted octanol–water partition coefficient (Wildman–Crippen LogP) is 3.55. The Bertz CT molecular complexity index is 879. The number of nitrogens with zero attached hydrogens (tertiary/aromatic N) is 2. The summed E-state index contributed by atoms with van der Waals surface area (Å²) < 4.78 is 12.8. The zero-order valence-electron chi connectivity index (χ0n) is 20.5. The Morgan fingerprint density at radius 2 is 1.88 bits per heavy atom. The van der Waals surface area contributed by atoms with Crippen molar-refractivity contribution in [2.45, 2.75) is 89.1 Å². The Hall–Kier alpha value is -1.63. The second-order valence-corrected chi connectivity index (χ2v) is 11.6. The normalized spacial score (nSPS) is 32.8. The maximum Gasteiger partial charge on any atom is 0.224 e. The fraction of sp³-hybridized carbons (Fsp3) is 0.741. The lowest BCUT2D eigenvalue weighted by Crippen LogP contribution is -2.56. The number of carbonyl (C=O) groups excluding carboxylic acids is 1. The van der Waals surface area contributed by atoms with Crippen molar-refractivity contribution in [2.24, 2.45) is 5.41 Å². The number of piperidine rings is 1. The highest BCUT2D eigenvalue weighted by molar-refractivity contribution is 5.77. The lowest BCUT2D eigenvalue weighted by molar-refractivity contribution is -0.245. The molecule has 3 fully saturated rings.